The fourth-order valence-electron chi connectivity index (χ4n) is 3.96. The predicted octanol–water partition coefficient (Wildman–Crippen LogP) is 3.45. The van der Waals surface area contributed by atoms with Crippen molar-refractivity contribution in [1.82, 2.24) is 10.6 Å². The van der Waals surface area contributed by atoms with Gasteiger partial charge in [0.25, 0.3) is 0 Å². The predicted molar refractivity (Wildman–Crippen MR) is 104 cm³/mol. The van der Waals surface area contributed by atoms with Crippen LogP contribution in [0.15, 0.2) is 29.5 Å². The Morgan fingerprint density at radius 3 is 2.64 bits per heavy atom. The van der Waals surface area contributed by atoms with Crippen molar-refractivity contribution in [3.8, 4) is 11.5 Å². The Bertz CT molecular complexity index is 789. The monoisotopic (exact) mass is 388 g/mol. The van der Waals surface area contributed by atoms with Crippen molar-refractivity contribution in [1.29, 1.82) is 0 Å². The van der Waals surface area contributed by atoms with Crippen molar-refractivity contribution in [2.24, 2.45) is 5.92 Å². The van der Waals surface area contributed by atoms with E-state index in [1.165, 1.54) is 0 Å². The summed E-state index contributed by atoms with van der Waals surface area (Å²) in [5.41, 5.74) is 1.50. The van der Waals surface area contributed by atoms with Gasteiger partial charge in [-0.2, -0.15) is 0 Å². The van der Waals surface area contributed by atoms with Gasteiger partial charge in [-0.15, -0.1) is 0 Å². The third-order valence-electron chi connectivity index (χ3n) is 5.40. The molecule has 7 heteroatoms. The van der Waals surface area contributed by atoms with Gasteiger partial charge in [0.2, 0.25) is 0 Å². The second kappa shape index (κ2) is 8.54. The molecule has 0 aromatic heterocycles. The Balaban J connectivity index is 1.94. The lowest BCUT2D eigenvalue weighted by Crippen LogP contribution is -2.45. The molecule has 1 aromatic carbocycles. The number of allylic oxidation sites excluding steroid dienone is 1. The number of carbonyl (C=O) groups excluding carboxylic acids is 2. The van der Waals surface area contributed by atoms with E-state index in [4.69, 9.17) is 14.2 Å². The van der Waals surface area contributed by atoms with E-state index < -0.39 is 12.0 Å². The first-order valence-electron chi connectivity index (χ1n) is 9.64. The van der Waals surface area contributed by atoms with E-state index in [0.717, 1.165) is 25.7 Å². The number of amides is 2. The summed E-state index contributed by atoms with van der Waals surface area (Å²) in [6.07, 6.45) is 3.86. The minimum Gasteiger partial charge on any atom is -0.497 e. The molecule has 1 fully saturated rings. The molecule has 0 saturated heterocycles. The largest absolute Gasteiger partial charge is 0.497 e. The van der Waals surface area contributed by atoms with Crippen LogP contribution in [0.3, 0.4) is 0 Å². The number of benzene rings is 1. The van der Waals surface area contributed by atoms with E-state index >= 15 is 0 Å². The van der Waals surface area contributed by atoms with Gasteiger partial charge in [-0.25, -0.2) is 9.59 Å². The second-order valence-electron chi connectivity index (χ2n) is 7.48. The van der Waals surface area contributed by atoms with Gasteiger partial charge in [0.05, 0.1) is 25.8 Å². The zero-order valence-electron chi connectivity index (χ0n) is 16.8. The summed E-state index contributed by atoms with van der Waals surface area (Å²) in [6.45, 7) is 3.88. The fourth-order valence-corrected chi connectivity index (χ4v) is 3.96. The van der Waals surface area contributed by atoms with Crippen LogP contribution in [0.5, 0.6) is 11.5 Å². The maximum atomic E-state index is 13.1. The number of methoxy groups -OCH3 is 2. The van der Waals surface area contributed by atoms with Gasteiger partial charge in [-0.05, 0) is 50.3 Å². The molecule has 0 unspecified atom stereocenters. The normalized spacial score (nSPS) is 24.9. The van der Waals surface area contributed by atoms with Crippen LogP contribution in [0.4, 0.5) is 4.79 Å². The van der Waals surface area contributed by atoms with Gasteiger partial charge in [-0.3, -0.25) is 0 Å². The van der Waals surface area contributed by atoms with Gasteiger partial charge in [0.1, 0.15) is 17.6 Å². The minimum absolute atomic E-state index is 0.0953. The van der Waals surface area contributed by atoms with Crippen LogP contribution in [-0.2, 0) is 9.53 Å². The summed E-state index contributed by atoms with van der Waals surface area (Å²) in [5, 5.41) is 5.50. The number of nitrogens with one attached hydrogen (secondary N) is 2. The average molecular weight is 388 g/mol. The summed E-state index contributed by atoms with van der Waals surface area (Å²) in [6, 6.07) is 4.22. The van der Waals surface area contributed by atoms with Crippen molar-refractivity contribution in [2.75, 3.05) is 14.2 Å². The molecule has 152 valence electrons. The van der Waals surface area contributed by atoms with Crippen LogP contribution >= 0.6 is 0 Å². The van der Waals surface area contributed by atoms with Crippen LogP contribution in [0.2, 0.25) is 0 Å². The fraction of sp³-hybridized carbons (Fsp3) is 0.524. The van der Waals surface area contributed by atoms with Gasteiger partial charge in [0.15, 0.2) is 0 Å². The van der Waals surface area contributed by atoms with E-state index in [9.17, 15) is 9.59 Å². The van der Waals surface area contributed by atoms with Crippen LogP contribution in [-0.4, -0.2) is 32.3 Å². The summed E-state index contributed by atoms with van der Waals surface area (Å²) in [7, 11) is 3.11. The maximum Gasteiger partial charge on any atom is 0.338 e. The van der Waals surface area contributed by atoms with E-state index in [0.29, 0.717) is 34.3 Å². The van der Waals surface area contributed by atoms with Gasteiger partial charge in [0, 0.05) is 11.3 Å². The summed E-state index contributed by atoms with van der Waals surface area (Å²) in [4.78, 5) is 25.2. The first-order valence-corrected chi connectivity index (χ1v) is 9.64. The van der Waals surface area contributed by atoms with Crippen molar-refractivity contribution in [2.45, 2.75) is 51.7 Å². The molecule has 1 saturated carbocycles. The zero-order valence-corrected chi connectivity index (χ0v) is 16.8. The highest BCUT2D eigenvalue weighted by Gasteiger charge is 2.35. The molecule has 1 heterocycles. The molecule has 1 aromatic rings. The molecule has 2 amide bonds. The SMILES string of the molecule is COc1ccc(OC)c([C@@H]2NC(=O)NC(C)=C2C(=O)O[C@@H]2CCC[C@H](C)C2)c1. The highest BCUT2D eigenvalue weighted by Crippen LogP contribution is 2.36. The van der Waals surface area contributed by atoms with Crippen molar-refractivity contribution >= 4 is 12.0 Å². The Morgan fingerprint density at radius 2 is 1.96 bits per heavy atom. The number of esters is 1. The van der Waals surface area contributed by atoms with Crippen molar-refractivity contribution in [3.05, 3.63) is 35.0 Å². The number of carbonyl (C=O) groups is 2. The minimum atomic E-state index is -0.688. The lowest BCUT2D eigenvalue weighted by molar-refractivity contribution is -0.146. The van der Waals surface area contributed by atoms with E-state index in [1.54, 1.807) is 39.3 Å². The van der Waals surface area contributed by atoms with Gasteiger partial charge >= 0.3 is 12.0 Å². The molecule has 1 aliphatic heterocycles. The van der Waals surface area contributed by atoms with Crippen LogP contribution in [0.1, 0.15) is 51.1 Å². The highest BCUT2D eigenvalue weighted by molar-refractivity contribution is 5.95. The molecule has 28 heavy (non-hydrogen) atoms. The zero-order chi connectivity index (χ0) is 20.3. The molecular weight excluding hydrogens is 360 g/mol. The van der Waals surface area contributed by atoms with Crippen LogP contribution in [0.25, 0.3) is 0 Å². The Morgan fingerprint density at radius 1 is 1.18 bits per heavy atom. The second-order valence-corrected chi connectivity index (χ2v) is 7.48. The van der Waals surface area contributed by atoms with Gasteiger partial charge < -0.3 is 24.8 Å². The summed E-state index contributed by atoms with van der Waals surface area (Å²) < 4.78 is 16.6. The first kappa shape index (κ1) is 20.0. The van der Waals surface area contributed by atoms with E-state index in [1.807, 2.05) is 0 Å². The van der Waals surface area contributed by atoms with Crippen molar-refractivity contribution in [3.63, 3.8) is 0 Å². The molecule has 2 aliphatic rings. The summed E-state index contributed by atoms with van der Waals surface area (Å²) >= 11 is 0. The van der Waals surface area contributed by atoms with Crippen LogP contribution < -0.4 is 20.1 Å². The Hall–Kier alpha value is -2.70. The molecule has 1 aliphatic carbocycles. The molecule has 7 nitrogen and oxygen atoms in total. The topological polar surface area (TPSA) is 85.9 Å². The Kier molecular flexibility index (Phi) is 6.11. The first-order chi connectivity index (χ1) is 13.4. The molecule has 2 N–H and O–H groups in total. The van der Waals surface area contributed by atoms with Crippen LogP contribution in [0, 0.1) is 5.92 Å². The molecule has 3 atom stereocenters. The van der Waals surface area contributed by atoms with Crippen molar-refractivity contribution < 1.29 is 23.8 Å². The molecule has 0 radical (unpaired) electrons. The smallest absolute Gasteiger partial charge is 0.338 e. The number of hydrogen-bond acceptors (Lipinski definition) is 5. The Labute approximate surface area is 165 Å². The average Bonchev–Trinajstić information content (AvgIpc) is 2.66. The summed E-state index contributed by atoms with van der Waals surface area (Å²) in [5.74, 6) is 1.28. The lowest BCUT2D eigenvalue weighted by atomic mass is 9.88. The highest BCUT2D eigenvalue weighted by atomic mass is 16.5. The lowest BCUT2D eigenvalue weighted by Gasteiger charge is -2.31. The van der Waals surface area contributed by atoms with E-state index in [-0.39, 0.29) is 12.1 Å². The maximum absolute atomic E-state index is 13.1. The standard InChI is InChI=1S/C21H28N2O5/c1-12-6-5-7-15(10-12)28-20(24)18-13(2)22-21(25)23-19(18)16-11-14(26-3)8-9-17(16)27-4/h8-9,11-12,15,19H,5-7,10H2,1-4H3,(H2,22,23,25)/t12-,15+,19-/m0/s1. The molecule has 0 spiro atoms. The quantitative estimate of drug-likeness (QED) is 0.755. The number of hydrogen-bond donors (Lipinski definition) is 2. The molecular formula is C21H28N2O5. The molecule has 3 rings (SSSR count). The third-order valence-corrected chi connectivity index (χ3v) is 5.40. The van der Waals surface area contributed by atoms with Gasteiger partial charge in [-0.1, -0.05) is 13.3 Å². The number of rotatable bonds is 5. The third kappa shape index (κ3) is 4.24. The number of urea groups is 1. The number of ether oxygens (including phenoxy) is 3. The molecule has 0 bridgehead atoms. The van der Waals surface area contributed by atoms with E-state index in [2.05, 4.69) is 17.6 Å².